The smallest absolute Gasteiger partial charge is 0.241 e. The second-order valence-corrected chi connectivity index (χ2v) is 7.31. The topological polar surface area (TPSA) is 84.5 Å². The van der Waals surface area contributed by atoms with Crippen LogP contribution in [0.1, 0.15) is 34.6 Å². The zero-order valence-electron chi connectivity index (χ0n) is 13.0. The maximum atomic E-state index is 12.3. The third-order valence-corrected chi connectivity index (χ3v) is 4.07. The van der Waals surface area contributed by atoms with Gasteiger partial charge in [0.2, 0.25) is 15.9 Å². The van der Waals surface area contributed by atoms with Crippen molar-refractivity contribution in [3.8, 4) is 5.75 Å². The van der Waals surface area contributed by atoms with Gasteiger partial charge in [0.05, 0.1) is 17.2 Å². The number of ether oxygens (including phenoxy) is 1. The monoisotopic (exact) mass is 314 g/mol. The fraction of sp³-hybridized carbons (Fsp3) is 0.500. The van der Waals surface area contributed by atoms with Crippen molar-refractivity contribution in [2.45, 2.75) is 45.1 Å². The average Bonchev–Trinajstić information content (AvgIpc) is 2.27. The summed E-state index contributed by atoms with van der Waals surface area (Å²) < 4.78 is 32.5. The van der Waals surface area contributed by atoms with Crippen molar-refractivity contribution in [1.82, 2.24) is 4.72 Å². The largest absolute Gasteiger partial charge is 0.492 e. The summed E-state index contributed by atoms with van der Waals surface area (Å²) in [6.45, 7) is 8.85. The molecule has 0 saturated carbocycles. The summed E-state index contributed by atoms with van der Waals surface area (Å²) in [5, 5.41) is 2.58. The van der Waals surface area contributed by atoms with Gasteiger partial charge >= 0.3 is 0 Å². The summed E-state index contributed by atoms with van der Waals surface area (Å²) in [7, 11) is -3.66. The molecule has 1 aromatic rings. The molecule has 0 radical (unpaired) electrons. The number of sulfonamides is 1. The first-order chi connectivity index (χ1) is 9.55. The second kappa shape index (κ2) is 6.44. The van der Waals surface area contributed by atoms with Gasteiger partial charge in [0.25, 0.3) is 0 Å². The summed E-state index contributed by atoms with van der Waals surface area (Å²) in [6, 6.07) is 4.37. The average molecular weight is 314 g/mol. The van der Waals surface area contributed by atoms with Crippen LogP contribution in [0.3, 0.4) is 0 Å². The van der Waals surface area contributed by atoms with Crippen molar-refractivity contribution >= 4 is 21.6 Å². The molecule has 1 aromatic carbocycles. The first kappa shape index (κ1) is 17.5. The number of nitrogens with one attached hydrogen (secondary N) is 2. The molecule has 6 nitrogen and oxygen atoms in total. The molecule has 0 fully saturated rings. The minimum atomic E-state index is -3.66. The maximum absolute atomic E-state index is 12.3. The molecule has 0 aliphatic rings. The van der Waals surface area contributed by atoms with E-state index in [4.69, 9.17) is 4.74 Å². The van der Waals surface area contributed by atoms with Gasteiger partial charge in [-0.05, 0) is 45.9 Å². The van der Waals surface area contributed by atoms with E-state index in [9.17, 15) is 13.2 Å². The minimum Gasteiger partial charge on any atom is -0.492 e. The van der Waals surface area contributed by atoms with Crippen LogP contribution in [-0.4, -0.2) is 26.5 Å². The van der Waals surface area contributed by atoms with Crippen LogP contribution in [-0.2, 0) is 14.8 Å². The number of carbonyl (C=O) groups excluding carboxylic acids is 1. The summed E-state index contributed by atoms with van der Waals surface area (Å²) in [6.07, 6.45) is 0. The van der Waals surface area contributed by atoms with E-state index >= 15 is 0 Å². The van der Waals surface area contributed by atoms with Crippen LogP contribution in [0.4, 0.5) is 5.69 Å². The summed E-state index contributed by atoms with van der Waals surface area (Å²) >= 11 is 0. The molecule has 0 aliphatic heterocycles. The molecule has 1 rings (SSSR count). The lowest BCUT2D eigenvalue weighted by molar-refractivity contribution is -0.114. The summed E-state index contributed by atoms with van der Waals surface area (Å²) in [5.74, 6) is 0.136. The number of hydrogen-bond donors (Lipinski definition) is 2. The molecular formula is C14H22N2O4S. The zero-order valence-corrected chi connectivity index (χ0v) is 13.8. The van der Waals surface area contributed by atoms with Crippen molar-refractivity contribution < 1.29 is 17.9 Å². The molecule has 0 heterocycles. The van der Waals surface area contributed by atoms with Crippen LogP contribution in [0, 0.1) is 0 Å². The van der Waals surface area contributed by atoms with Gasteiger partial charge in [0.15, 0.2) is 0 Å². The molecule has 0 spiro atoms. The number of rotatable bonds is 5. The molecule has 2 N–H and O–H groups in total. The third-order valence-electron chi connectivity index (χ3n) is 2.31. The maximum Gasteiger partial charge on any atom is 0.241 e. The van der Waals surface area contributed by atoms with E-state index < -0.39 is 15.6 Å². The molecule has 1 amide bonds. The van der Waals surface area contributed by atoms with Gasteiger partial charge in [-0.3, -0.25) is 4.79 Å². The molecule has 118 valence electrons. The Morgan fingerprint density at radius 2 is 1.90 bits per heavy atom. The Bertz CT molecular complexity index is 618. The quantitative estimate of drug-likeness (QED) is 0.872. The SMILES string of the molecule is CCOc1ccc(S(=O)(=O)NC(C)(C)C)cc1NC(C)=O. The van der Waals surface area contributed by atoms with E-state index in [1.807, 2.05) is 6.92 Å². The number of amides is 1. The van der Waals surface area contributed by atoms with Gasteiger partial charge < -0.3 is 10.1 Å². The lowest BCUT2D eigenvalue weighted by Gasteiger charge is -2.21. The first-order valence-corrected chi connectivity index (χ1v) is 8.12. The molecule has 21 heavy (non-hydrogen) atoms. The molecule has 0 unspecified atom stereocenters. The minimum absolute atomic E-state index is 0.0737. The zero-order chi connectivity index (χ0) is 16.3. The van der Waals surface area contributed by atoms with Crippen molar-refractivity contribution in [3.05, 3.63) is 18.2 Å². The predicted molar refractivity (Wildman–Crippen MR) is 82.0 cm³/mol. The summed E-state index contributed by atoms with van der Waals surface area (Å²) in [4.78, 5) is 11.3. The number of hydrogen-bond acceptors (Lipinski definition) is 4. The van der Waals surface area contributed by atoms with Crippen molar-refractivity contribution in [3.63, 3.8) is 0 Å². The van der Waals surface area contributed by atoms with E-state index in [1.54, 1.807) is 20.8 Å². The Hall–Kier alpha value is -1.60. The number of carbonyl (C=O) groups is 1. The van der Waals surface area contributed by atoms with Crippen LogP contribution in [0.5, 0.6) is 5.75 Å². The normalized spacial score (nSPS) is 12.0. The lowest BCUT2D eigenvalue weighted by atomic mass is 10.1. The lowest BCUT2D eigenvalue weighted by Crippen LogP contribution is -2.40. The highest BCUT2D eigenvalue weighted by molar-refractivity contribution is 7.89. The van der Waals surface area contributed by atoms with E-state index in [-0.39, 0.29) is 10.8 Å². The fourth-order valence-corrected chi connectivity index (χ4v) is 3.15. The van der Waals surface area contributed by atoms with Crippen molar-refractivity contribution in [1.29, 1.82) is 0 Å². The highest BCUT2D eigenvalue weighted by atomic mass is 32.2. The van der Waals surface area contributed by atoms with Crippen molar-refractivity contribution in [2.24, 2.45) is 0 Å². The van der Waals surface area contributed by atoms with Gasteiger partial charge in [-0.2, -0.15) is 0 Å². The Balaban J connectivity index is 3.23. The Labute approximate surface area is 125 Å². The first-order valence-electron chi connectivity index (χ1n) is 6.63. The molecular weight excluding hydrogens is 292 g/mol. The second-order valence-electron chi connectivity index (χ2n) is 5.63. The number of benzene rings is 1. The predicted octanol–water partition coefficient (Wildman–Crippen LogP) is 2.12. The molecule has 7 heteroatoms. The molecule has 0 bridgehead atoms. The Morgan fingerprint density at radius 3 is 2.38 bits per heavy atom. The molecule has 0 atom stereocenters. The molecule has 0 aromatic heterocycles. The highest BCUT2D eigenvalue weighted by Crippen LogP contribution is 2.28. The highest BCUT2D eigenvalue weighted by Gasteiger charge is 2.23. The third kappa shape index (κ3) is 5.35. The van der Waals surface area contributed by atoms with E-state index in [1.165, 1.54) is 25.1 Å². The van der Waals surface area contributed by atoms with Crippen LogP contribution in [0.15, 0.2) is 23.1 Å². The van der Waals surface area contributed by atoms with Crippen molar-refractivity contribution in [2.75, 3.05) is 11.9 Å². The van der Waals surface area contributed by atoms with E-state index in [0.29, 0.717) is 18.0 Å². The van der Waals surface area contributed by atoms with Gasteiger partial charge in [0, 0.05) is 12.5 Å². The van der Waals surface area contributed by atoms with Gasteiger partial charge in [-0.1, -0.05) is 0 Å². The van der Waals surface area contributed by atoms with Gasteiger partial charge in [0.1, 0.15) is 5.75 Å². The van der Waals surface area contributed by atoms with Crippen LogP contribution in [0.2, 0.25) is 0 Å². The fourth-order valence-electron chi connectivity index (χ4n) is 1.71. The van der Waals surface area contributed by atoms with E-state index in [0.717, 1.165) is 0 Å². The molecule has 0 aliphatic carbocycles. The van der Waals surface area contributed by atoms with Crippen LogP contribution < -0.4 is 14.8 Å². The molecule has 0 saturated heterocycles. The van der Waals surface area contributed by atoms with Crippen LogP contribution in [0.25, 0.3) is 0 Å². The van der Waals surface area contributed by atoms with Crippen LogP contribution >= 0.6 is 0 Å². The standard InChI is InChI=1S/C14H22N2O4S/c1-6-20-13-8-7-11(9-12(13)15-10(2)17)21(18,19)16-14(3,4)5/h7-9,16H,6H2,1-5H3,(H,15,17). The Kier molecular flexibility index (Phi) is 5.36. The summed E-state index contributed by atoms with van der Waals surface area (Å²) in [5.41, 5.74) is -0.257. The van der Waals surface area contributed by atoms with Gasteiger partial charge in [-0.25, -0.2) is 13.1 Å². The van der Waals surface area contributed by atoms with E-state index in [2.05, 4.69) is 10.0 Å². The van der Waals surface area contributed by atoms with Gasteiger partial charge in [-0.15, -0.1) is 0 Å². The number of anilines is 1. The Morgan fingerprint density at radius 1 is 1.29 bits per heavy atom.